The Kier molecular flexibility index (Phi) is 5.03. The molecule has 0 fully saturated rings. The highest BCUT2D eigenvalue weighted by Gasteiger charge is 2.33. The number of aryl methyl sites for hydroxylation is 1. The Labute approximate surface area is 145 Å². The molecule has 0 aliphatic carbocycles. The van der Waals surface area contributed by atoms with Gasteiger partial charge in [0, 0.05) is 0 Å². The van der Waals surface area contributed by atoms with E-state index in [1.807, 2.05) is 4.72 Å². The molecule has 2 aromatic carbocycles. The van der Waals surface area contributed by atoms with Gasteiger partial charge in [-0.2, -0.15) is 13.2 Å². The van der Waals surface area contributed by atoms with Gasteiger partial charge in [-0.15, -0.1) is 0 Å². The second-order valence-corrected chi connectivity index (χ2v) is 7.29. The van der Waals surface area contributed by atoms with Crippen LogP contribution in [-0.4, -0.2) is 8.42 Å². The van der Waals surface area contributed by atoms with Crippen LogP contribution >= 0.6 is 23.2 Å². The van der Waals surface area contributed by atoms with Crippen LogP contribution in [0.4, 0.5) is 23.2 Å². The summed E-state index contributed by atoms with van der Waals surface area (Å²) < 4.78 is 78.3. The molecule has 0 saturated heterocycles. The maximum Gasteiger partial charge on any atom is 0.416 e. The SMILES string of the molecule is Cc1cc(NS(=O)(=O)c2cc(C(F)(F)F)ccc2Cl)c(Cl)cc1F. The molecule has 10 heteroatoms. The van der Waals surface area contributed by atoms with Gasteiger partial charge in [0.2, 0.25) is 0 Å². The first-order valence-corrected chi connectivity index (χ1v) is 8.51. The zero-order chi connectivity index (χ0) is 18.3. The van der Waals surface area contributed by atoms with Crippen LogP contribution in [-0.2, 0) is 16.2 Å². The maximum atomic E-state index is 13.4. The summed E-state index contributed by atoms with van der Waals surface area (Å²) in [6.45, 7) is 1.38. The van der Waals surface area contributed by atoms with Crippen molar-refractivity contribution >= 4 is 38.9 Å². The predicted molar refractivity (Wildman–Crippen MR) is 83.4 cm³/mol. The largest absolute Gasteiger partial charge is 0.416 e. The van der Waals surface area contributed by atoms with Gasteiger partial charge in [-0.1, -0.05) is 23.2 Å². The summed E-state index contributed by atoms with van der Waals surface area (Å²) in [5, 5.41) is -0.643. The van der Waals surface area contributed by atoms with Crippen LogP contribution in [0.2, 0.25) is 10.0 Å². The van der Waals surface area contributed by atoms with Gasteiger partial charge in [-0.05, 0) is 42.8 Å². The van der Waals surface area contributed by atoms with Crippen LogP contribution in [0.3, 0.4) is 0 Å². The van der Waals surface area contributed by atoms with Crippen molar-refractivity contribution in [1.29, 1.82) is 0 Å². The standard InChI is InChI=1S/C14H9Cl2F4NO2S/c1-7-4-12(10(16)6-11(7)17)21-24(22,23)13-5-8(14(18,19)20)2-3-9(13)15/h2-6,21H,1H3. The summed E-state index contributed by atoms with van der Waals surface area (Å²) in [6, 6.07) is 3.92. The average Bonchev–Trinajstić information content (AvgIpc) is 2.43. The normalized spacial score (nSPS) is 12.3. The molecule has 0 aliphatic heterocycles. The molecule has 0 bridgehead atoms. The monoisotopic (exact) mass is 401 g/mol. The third kappa shape index (κ3) is 3.93. The smallest absolute Gasteiger partial charge is 0.278 e. The third-order valence-corrected chi connectivity index (χ3v) is 5.20. The lowest BCUT2D eigenvalue weighted by atomic mass is 10.2. The number of nitrogens with one attached hydrogen (secondary N) is 1. The molecule has 0 spiro atoms. The molecular formula is C14H9Cl2F4NO2S. The molecule has 0 aliphatic rings. The molecule has 3 nitrogen and oxygen atoms in total. The van der Waals surface area contributed by atoms with E-state index in [0.717, 1.165) is 18.2 Å². The van der Waals surface area contributed by atoms with Crippen LogP contribution in [0.15, 0.2) is 35.2 Å². The lowest BCUT2D eigenvalue weighted by Gasteiger charge is -2.14. The highest BCUT2D eigenvalue weighted by Crippen LogP contribution is 2.35. The van der Waals surface area contributed by atoms with Gasteiger partial charge in [0.25, 0.3) is 10.0 Å². The van der Waals surface area contributed by atoms with Crippen molar-refractivity contribution in [1.82, 2.24) is 0 Å². The molecule has 0 radical (unpaired) electrons. The Hall–Kier alpha value is -1.51. The third-order valence-electron chi connectivity index (χ3n) is 3.04. The van der Waals surface area contributed by atoms with E-state index in [1.165, 1.54) is 6.92 Å². The van der Waals surface area contributed by atoms with Crippen LogP contribution in [0.1, 0.15) is 11.1 Å². The zero-order valence-electron chi connectivity index (χ0n) is 11.9. The minimum absolute atomic E-state index is 0.104. The zero-order valence-corrected chi connectivity index (χ0v) is 14.2. The number of sulfonamides is 1. The fourth-order valence-electron chi connectivity index (χ4n) is 1.82. The fraction of sp³-hybridized carbons (Fsp3) is 0.143. The van der Waals surface area contributed by atoms with Crippen LogP contribution in [0.25, 0.3) is 0 Å². The molecular weight excluding hydrogens is 393 g/mol. The van der Waals surface area contributed by atoms with Crippen molar-refractivity contribution in [3.05, 3.63) is 57.3 Å². The molecule has 2 aromatic rings. The Balaban J connectivity index is 2.50. The second kappa shape index (κ2) is 6.42. The van der Waals surface area contributed by atoms with Gasteiger partial charge >= 0.3 is 6.18 Å². The minimum Gasteiger partial charge on any atom is -0.278 e. The number of hydrogen-bond acceptors (Lipinski definition) is 2. The first-order chi connectivity index (χ1) is 10.9. The number of rotatable bonds is 3. The van der Waals surface area contributed by atoms with E-state index in [4.69, 9.17) is 23.2 Å². The van der Waals surface area contributed by atoms with Gasteiger partial charge in [-0.25, -0.2) is 12.8 Å². The minimum atomic E-state index is -4.74. The van der Waals surface area contributed by atoms with Crippen LogP contribution in [0, 0.1) is 12.7 Å². The summed E-state index contributed by atoms with van der Waals surface area (Å²) in [5.41, 5.74) is -1.25. The number of alkyl halides is 3. The van der Waals surface area contributed by atoms with Crippen molar-refractivity contribution in [2.24, 2.45) is 0 Å². The van der Waals surface area contributed by atoms with Crippen LogP contribution in [0.5, 0.6) is 0 Å². The highest BCUT2D eigenvalue weighted by atomic mass is 35.5. The highest BCUT2D eigenvalue weighted by molar-refractivity contribution is 7.92. The van der Waals surface area contributed by atoms with Crippen molar-refractivity contribution in [3.63, 3.8) is 0 Å². The second-order valence-electron chi connectivity index (χ2n) is 4.83. The summed E-state index contributed by atoms with van der Waals surface area (Å²) in [5.74, 6) is -0.653. The number of hydrogen-bond donors (Lipinski definition) is 1. The molecule has 0 atom stereocenters. The van der Waals surface area contributed by atoms with Gasteiger partial charge in [-0.3, -0.25) is 4.72 Å². The molecule has 130 valence electrons. The molecule has 0 aromatic heterocycles. The van der Waals surface area contributed by atoms with E-state index < -0.39 is 37.5 Å². The lowest BCUT2D eigenvalue weighted by Crippen LogP contribution is -2.15. The fourth-order valence-corrected chi connectivity index (χ4v) is 3.67. The maximum absolute atomic E-state index is 13.4. The van der Waals surface area contributed by atoms with Crippen molar-refractivity contribution in [3.8, 4) is 0 Å². The number of benzene rings is 2. The summed E-state index contributed by atoms with van der Waals surface area (Å²) in [7, 11) is -4.47. The Morgan fingerprint density at radius 1 is 1.04 bits per heavy atom. The lowest BCUT2D eigenvalue weighted by molar-refractivity contribution is -0.137. The quantitative estimate of drug-likeness (QED) is 0.712. The molecule has 2 rings (SSSR count). The van der Waals surface area contributed by atoms with E-state index in [2.05, 4.69) is 0 Å². The number of anilines is 1. The molecule has 0 heterocycles. The van der Waals surface area contributed by atoms with Gasteiger partial charge < -0.3 is 0 Å². The average molecular weight is 402 g/mol. The van der Waals surface area contributed by atoms with Gasteiger partial charge in [0.1, 0.15) is 10.7 Å². The number of halogens is 6. The van der Waals surface area contributed by atoms with Crippen LogP contribution < -0.4 is 4.72 Å². The first-order valence-electron chi connectivity index (χ1n) is 6.27. The summed E-state index contributed by atoms with van der Waals surface area (Å²) >= 11 is 11.5. The van der Waals surface area contributed by atoms with E-state index in [0.29, 0.717) is 12.1 Å². The van der Waals surface area contributed by atoms with Crippen molar-refractivity contribution in [2.75, 3.05) is 4.72 Å². The van der Waals surface area contributed by atoms with E-state index in [1.54, 1.807) is 0 Å². The van der Waals surface area contributed by atoms with Crippen molar-refractivity contribution in [2.45, 2.75) is 18.0 Å². The van der Waals surface area contributed by atoms with E-state index >= 15 is 0 Å². The summed E-state index contributed by atoms with van der Waals surface area (Å²) in [4.78, 5) is -0.767. The van der Waals surface area contributed by atoms with Gasteiger partial charge in [0.15, 0.2) is 0 Å². The molecule has 24 heavy (non-hydrogen) atoms. The first kappa shape index (κ1) is 18.8. The summed E-state index contributed by atoms with van der Waals surface area (Å²) in [6.07, 6.45) is -4.74. The molecule has 0 amide bonds. The molecule has 0 unspecified atom stereocenters. The van der Waals surface area contributed by atoms with Crippen molar-refractivity contribution < 1.29 is 26.0 Å². The topological polar surface area (TPSA) is 46.2 Å². The Bertz CT molecular complexity index is 898. The Morgan fingerprint density at radius 2 is 1.67 bits per heavy atom. The molecule has 0 saturated carbocycles. The van der Waals surface area contributed by atoms with Gasteiger partial charge in [0.05, 0.1) is 21.3 Å². The Morgan fingerprint density at radius 3 is 2.25 bits per heavy atom. The predicted octanol–water partition coefficient (Wildman–Crippen LogP) is 5.26. The van der Waals surface area contributed by atoms with E-state index in [-0.39, 0.29) is 16.3 Å². The van der Waals surface area contributed by atoms with E-state index in [9.17, 15) is 26.0 Å². The molecule has 1 N–H and O–H groups in total.